The van der Waals surface area contributed by atoms with E-state index in [0.717, 1.165) is 31.4 Å². The van der Waals surface area contributed by atoms with Crippen molar-refractivity contribution in [3.63, 3.8) is 0 Å². The number of hydrogen-bond acceptors (Lipinski definition) is 1. The second-order valence-corrected chi connectivity index (χ2v) is 3.80. The molecule has 0 aliphatic carbocycles. The number of carbonyl (C=O) groups is 1. The van der Waals surface area contributed by atoms with Crippen LogP contribution in [0.1, 0.15) is 25.7 Å². The van der Waals surface area contributed by atoms with Gasteiger partial charge in [-0.25, -0.2) is 0 Å². The van der Waals surface area contributed by atoms with Crippen LogP contribution in [0.15, 0.2) is 24.3 Å². The van der Waals surface area contributed by atoms with Crippen molar-refractivity contribution in [2.24, 2.45) is 0 Å². The summed E-state index contributed by atoms with van der Waals surface area (Å²) in [6.45, 7) is 4.71. The fourth-order valence-electron chi connectivity index (χ4n) is 2.04. The van der Waals surface area contributed by atoms with E-state index in [9.17, 15) is 4.79 Å². The predicted molar refractivity (Wildman–Crippen MR) is 52.2 cm³/mol. The standard InChI is InChI=1S/C11H15NO/c1-9-8-10-6-4-2-3-5-7-12(10)11(9)13/h4,6,10H,1-3,5,7-8H2/b6-4-/t10-/m0/s1. The van der Waals surface area contributed by atoms with Crippen LogP contribution in [0.25, 0.3) is 0 Å². The molecule has 0 aromatic carbocycles. The van der Waals surface area contributed by atoms with E-state index in [2.05, 4.69) is 18.7 Å². The topological polar surface area (TPSA) is 20.3 Å². The van der Waals surface area contributed by atoms with Crippen LogP contribution < -0.4 is 0 Å². The zero-order chi connectivity index (χ0) is 9.26. The van der Waals surface area contributed by atoms with E-state index in [-0.39, 0.29) is 5.91 Å². The van der Waals surface area contributed by atoms with Crippen molar-refractivity contribution in [1.82, 2.24) is 4.90 Å². The highest BCUT2D eigenvalue weighted by atomic mass is 16.2. The van der Waals surface area contributed by atoms with E-state index in [0.29, 0.717) is 6.04 Å². The molecule has 2 heteroatoms. The maximum absolute atomic E-state index is 11.6. The summed E-state index contributed by atoms with van der Waals surface area (Å²) in [5, 5.41) is 0. The number of fused-ring (bicyclic) bond motifs is 1. The number of allylic oxidation sites excluding steroid dienone is 1. The van der Waals surface area contributed by atoms with Gasteiger partial charge >= 0.3 is 0 Å². The van der Waals surface area contributed by atoms with E-state index in [1.165, 1.54) is 6.42 Å². The molecule has 2 nitrogen and oxygen atoms in total. The van der Waals surface area contributed by atoms with Gasteiger partial charge in [-0.15, -0.1) is 0 Å². The van der Waals surface area contributed by atoms with Crippen LogP contribution in [-0.2, 0) is 4.79 Å². The lowest BCUT2D eigenvalue weighted by Crippen LogP contribution is -2.33. The van der Waals surface area contributed by atoms with Crippen molar-refractivity contribution in [3.05, 3.63) is 24.3 Å². The minimum Gasteiger partial charge on any atom is -0.332 e. The highest BCUT2D eigenvalue weighted by Crippen LogP contribution is 2.25. The molecule has 0 aromatic rings. The third-order valence-corrected chi connectivity index (χ3v) is 2.80. The molecule has 0 aromatic heterocycles. The average Bonchev–Trinajstić information content (AvgIpc) is 2.31. The van der Waals surface area contributed by atoms with Crippen molar-refractivity contribution in [3.8, 4) is 0 Å². The third kappa shape index (κ3) is 1.53. The molecule has 0 N–H and O–H groups in total. The zero-order valence-corrected chi connectivity index (χ0v) is 7.83. The van der Waals surface area contributed by atoms with Crippen molar-refractivity contribution < 1.29 is 4.79 Å². The molecule has 1 amide bonds. The van der Waals surface area contributed by atoms with Gasteiger partial charge in [0.2, 0.25) is 5.91 Å². The average molecular weight is 177 g/mol. The minimum atomic E-state index is 0.163. The summed E-state index contributed by atoms with van der Waals surface area (Å²) in [4.78, 5) is 13.6. The molecule has 1 fully saturated rings. The number of rotatable bonds is 0. The van der Waals surface area contributed by atoms with E-state index in [1.54, 1.807) is 0 Å². The Bertz CT molecular complexity index is 267. The number of nitrogens with zero attached hydrogens (tertiary/aromatic N) is 1. The summed E-state index contributed by atoms with van der Waals surface area (Å²) in [6.07, 6.45) is 8.66. The van der Waals surface area contributed by atoms with Crippen LogP contribution in [0.2, 0.25) is 0 Å². The maximum atomic E-state index is 11.6. The van der Waals surface area contributed by atoms with Gasteiger partial charge < -0.3 is 4.90 Å². The van der Waals surface area contributed by atoms with Gasteiger partial charge in [0.05, 0.1) is 6.04 Å². The first-order valence-corrected chi connectivity index (χ1v) is 4.94. The van der Waals surface area contributed by atoms with Gasteiger partial charge in [0.25, 0.3) is 0 Å². The molecule has 1 saturated heterocycles. The molecular weight excluding hydrogens is 162 g/mol. The Labute approximate surface area is 78.9 Å². The largest absolute Gasteiger partial charge is 0.332 e. The molecule has 2 heterocycles. The van der Waals surface area contributed by atoms with Gasteiger partial charge in [0.1, 0.15) is 0 Å². The zero-order valence-electron chi connectivity index (χ0n) is 7.83. The maximum Gasteiger partial charge on any atom is 0.249 e. The molecule has 2 aliphatic heterocycles. The lowest BCUT2D eigenvalue weighted by molar-refractivity contribution is -0.125. The second kappa shape index (κ2) is 3.36. The van der Waals surface area contributed by atoms with Crippen LogP contribution in [0.3, 0.4) is 0 Å². The first-order valence-electron chi connectivity index (χ1n) is 4.94. The van der Waals surface area contributed by atoms with Crippen molar-refractivity contribution in [2.45, 2.75) is 31.7 Å². The third-order valence-electron chi connectivity index (χ3n) is 2.80. The molecule has 0 unspecified atom stereocenters. The molecule has 2 aliphatic rings. The van der Waals surface area contributed by atoms with Crippen molar-refractivity contribution in [1.29, 1.82) is 0 Å². The smallest absolute Gasteiger partial charge is 0.249 e. The van der Waals surface area contributed by atoms with Gasteiger partial charge in [-0.05, 0) is 19.3 Å². The fourth-order valence-corrected chi connectivity index (χ4v) is 2.04. The van der Waals surface area contributed by atoms with Crippen LogP contribution in [-0.4, -0.2) is 23.4 Å². The van der Waals surface area contributed by atoms with Crippen LogP contribution in [0.5, 0.6) is 0 Å². The molecule has 0 radical (unpaired) electrons. The van der Waals surface area contributed by atoms with Gasteiger partial charge in [0, 0.05) is 18.5 Å². The number of amides is 1. The van der Waals surface area contributed by atoms with Gasteiger partial charge in [-0.2, -0.15) is 0 Å². The number of hydrogen-bond donors (Lipinski definition) is 0. The minimum absolute atomic E-state index is 0.163. The van der Waals surface area contributed by atoms with Crippen LogP contribution >= 0.6 is 0 Å². The Hall–Kier alpha value is -1.05. The van der Waals surface area contributed by atoms with E-state index >= 15 is 0 Å². The number of carbonyl (C=O) groups excluding carboxylic acids is 1. The lowest BCUT2D eigenvalue weighted by Gasteiger charge is -2.23. The highest BCUT2D eigenvalue weighted by molar-refractivity contribution is 5.95. The molecule has 13 heavy (non-hydrogen) atoms. The molecule has 0 bridgehead atoms. The summed E-state index contributed by atoms with van der Waals surface area (Å²) in [5.74, 6) is 0.163. The summed E-state index contributed by atoms with van der Waals surface area (Å²) < 4.78 is 0. The van der Waals surface area contributed by atoms with Crippen molar-refractivity contribution >= 4 is 5.91 Å². The Kier molecular flexibility index (Phi) is 2.21. The van der Waals surface area contributed by atoms with Crippen molar-refractivity contribution in [2.75, 3.05) is 6.54 Å². The Morgan fingerprint density at radius 1 is 1.46 bits per heavy atom. The van der Waals surface area contributed by atoms with E-state index < -0.39 is 0 Å². The molecule has 70 valence electrons. The normalized spacial score (nSPS) is 31.1. The Balaban J connectivity index is 2.19. The van der Waals surface area contributed by atoms with Crippen LogP contribution in [0.4, 0.5) is 0 Å². The molecular formula is C11H15NO. The summed E-state index contributed by atoms with van der Waals surface area (Å²) in [5.41, 5.74) is 0.775. The highest BCUT2D eigenvalue weighted by Gasteiger charge is 2.31. The predicted octanol–water partition coefficient (Wildman–Crippen LogP) is 1.88. The van der Waals surface area contributed by atoms with Gasteiger partial charge in [-0.1, -0.05) is 18.7 Å². The van der Waals surface area contributed by atoms with Gasteiger partial charge in [-0.3, -0.25) is 4.79 Å². The first kappa shape index (κ1) is 8.54. The lowest BCUT2D eigenvalue weighted by atomic mass is 10.1. The quantitative estimate of drug-likeness (QED) is 0.408. The second-order valence-electron chi connectivity index (χ2n) is 3.80. The van der Waals surface area contributed by atoms with E-state index in [4.69, 9.17) is 0 Å². The van der Waals surface area contributed by atoms with Crippen LogP contribution in [0, 0.1) is 0 Å². The molecule has 2 rings (SSSR count). The fraction of sp³-hybridized carbons (Fsp3) is 0.545. The summed E-state index contributed by atoms with van der Waals surface area (Å²) in [6, 6.07) is 0.306. The van der Waals surface area contributed by atoms with E-state index in [1.807, 2.05) is 4.90 Å². The SMILES string of the molecule is C=C1C[C@@H]2/C=C\CCCCN2C1=O. The molecule has 0 saturated carbocycles. The Morgan fingerprint density at radius 3 is 3.15 bits per heavy atom. The Morgan fingerprint density at radius 2 is 2.31 bits per heavy atom. The first-order chi connectivity index (χ1) is 6.29. The molecule has 1 atom stereocenters. The monoisotopic (exact) mass is 177 g/mol. The molecule has 0 spiro atoms. The summed E-state index contributed by atoms with van der Waals surface area (Å²) in [7, 11) is 0. The van der Waals surface area contributed by atoms with Gasteiger partial charge in [0.15, 0.2) is 0 Å². The summed E-state index contributed by atoms with van der Waals surface area (Å²) >= 11 is 0.